The maximum absolute atomic E-state index is 12.2. The van der Waals surface area contributed by atoms with E-state index in [1.807, 2.05) is 6.92 Å². The fourth-order valence-electron chi connectivity index (χ4n) is 1.91. The van der Waals surface area contributed by atoms with Crippen molar-refractivity contribution in [3.8, 4) is 0 Å². The first-order valence-corrected chi connectivity index (χ1v) is 8.85. The second-order valence-corrected chi connectivity index (χ2v) is 6.43. The molecule has 0 bridgehead atoms. The predicted molar refractivity (Wildman–Crippen MR) is 97.3 cm³/mol. The highest BCUT2D eigenvalue weighted by Gasteiger charge is 2.17. The van der Waals surface area contributed by atoms with Gasteiger partial charge in [-0.1, -0.05) is 24.6 Å². The van der Waals surface area contributed by atoms with Gasteiger partial charge in [-0.15, -0.1) is 11.3 Å². The lowest BCUT2D eigenvalue weighted by atomic mass is 10.1. The van der Waals surface area contributed by atoms with E-state index in [0.717, 1.165) is 6.42 Å². The van der Waals surface area contributed by atoms with E-state index in [0.29, 0.717) is 16.4 Å². The lowest BCUT2D eigenvalue weighted by molar-refractivity contribution is -0.124. The van der Waals surface area contributed by atoms with Gasteiger partial charge in [0.25, 0.3) is 11.8 Å². The fourth-order valence-corrected chi connectivity index (χ4v) is 2.70. The Hall–Kier alpha value is -2.38. The summed E-state index contributed by atoms with van der Waals surface area (Å²) in [6.07, 6.45) is 0.787. The van der Waals surface area contributed by atoms with Crippen molar-refractivity contribution >= 4 is 46.4 Å². The second-order valence-electron chi connectivity index (χ2n) is 5.05. The summed E-state index contributed by atoms with van der Waals surface area (Å²) >= 11 is 7.23. The van der Waals surface area contributed by atoms with Crippen LogP contribution in [0.2, 0.25) is 5.02 Å². The van der Waals surface area contributed by atoms with Crippen LogP contribution in [0.15, 0.2) is 35.7 Å². The molecule has 0 fully saturated rings. The van der Waals surface area contributed by atoms with Crippen LogP contribution in [0.5, 0.6) is 0 Å². The van der Waals surface area contributed by atoms with Gasteiger partial charge >= 0.3 is 5.97 Å². The number of anilines is 1. The summed E-state index contributed by atoms with van der Waals surface area (Å²) in [5.74, 6) is -1.45. The summed E-state index contributed by atoms with van der Waals surface area (Å²) in [7, 11) is 0. The zero-order chi connectivity index (χ0) is 18.2. The highest BCUT2D eigenvalue weighted by Crippen LogP contribution is 2.23. The minimum atomic E-state index is -0.718. The number of hydrogen-bond donors (Lipinski definition) is 2. The maximum Gasteiger partial charge on any atom is 0.340 e. The molecule has 2 N–H and O–H groups in total. The molecule has 0 aliphatic carbocycles. The van der Waals surface area contributed by atoms with E-state index in [1.54, 1.807) is 17.5 Å². The molecule has 2 aromatic rings. The second kappa shape index (κ2) is 9.19. The highest BCUT2D eigenvalue weighted by atomic mass is 35.5. The molecule has 1 aromatic heterocycles. The Balaban J connectivity index is 2.08. The average Bonchev–Trinajstić information content (AvgIpc) is 3.12. The van der Waals surface area contributed by atoms with Crippen molar-refractivity contribution in [2.75, 3.05) is 18.5 Å². The number of nitrogens with one attached hydrogen (secondary N) is 2. The van der Waals surface area contributed by atoms with Crippen LogP contribution in [0.3, 0.4) is 0 Å². The molecule has 0 radical (unpaired) electrons. The molecular formula is C17H17ClN2O4S. The maximum atomic E-state index is 12.2. The summed E-state index contributed by atoms with van der Waals surface area (Å²) < 4.78 is 5.00. The van der Waals surface area contributed by atoms with Crippen molar-refractivity contribution in [3.05, 3.63) is 51.2 Å². The highest BCUT2D eigenvalue weighted by molar-refractivity contribution is 7.12. The number of carbonyl (C=O) groups excluding carboxylic acids is 3. The van der Waals surface area contributed by atoms with Gasteiger partial charge in [-0.05, 0) is 36.1 Å². The molecule has 0 aliphatic heterocycles. The Morgan fingerprint density at radius 3 is 2.72 bits per heavy atom. The van der Waals surface area contributed by atoms with E-state index in [4.69, 9.17) is 16.3 Å². The van der Waals surface area contributed by atoms with Crippen molar-refractivity contribution in [2.24, 2.45) is 0 Å². The largest absolute Gasteiger partial charge is 0.452 e. The number of rotatable bonds is 7. The van der Waals surface area contributed by atoms with Crippen LogP contribution in [0, 0.1) is 0 Å². The van der Waals surface area contributed by atoms with Crippen LogP contribution < -0.4 is 10.6 Å². The van der Waals surface area contributed by atoms with Gasteiger partial charge in [0.1, 0.15) is 0 Å². The molecule has 1 aromatic carbocycles. The first-order valence-electron chi connectivity index (χ1n) is 7.59. The summed E-state index contributed by atoms with van der Waals surface area (Å²) in [6, 6.07) is 7.83. The van der Waals surface area contributed by atoms with Gasteiger partial charge in [-0.2, -0.15) is 0 Å². The predicted octanol–water partition coefficient (Wildman–Crippen LogP) is 3.34. The minimum absolute atomic E-state index is 0.123. The Labute approximate surface area is 154 Å². The molecule has 6 nitrogen and oxygen atoms in total. The third-order valence-electron chi connectivity index (χ3n) is 3.10. The van der Waals surface area contributed by atoms with E-state index >= 15 is 0 Å². The summed E-state index contributed by atoms with van der Waals surface area (Å²) in [5, 5.41) is 7.38. The van der Waals surface area contributed by atoms with Crippen LogP contribution in [0.25, 0.3) is 0 Å². The Kier molecular flexibility index (Phi) is 6.97. The third-order valence-corrected chi connectivity index (χ3v) is 4.20. The van der Waals surface area contributed by atoms with E-state index in [-0.39, 0.29) is 29.7 Å². The zero-order valence-electron chi connectivity index (χ0n) is 13.5. The molecule has 2 amide bonds. The molecule has 25 heavy (non-hydrogen) atoms. The fraction of sp³-hybridized carbons (Fsp3) is 0.235. The first-order chi connectivity index (χ1) is 12.0. The normalized spacial score (nSPS) is 10.2. The van der Waals surface area contributed by atoms with Gasteiger partial charge in [0, 0.05) is 11.6 Å². The summed E-state index contributed by atoms with van der Waals surface area (Å²) in [6.45, 7) is 2.04. The van der Waals surface area contributed by atoms with Crippen LogP contribution in [0.4, 0.5) is 5.69 Å². The minimum Gasteiger partial charge on any atom is -0.452 e. The van der Waals surface area contributed by atoms with Gasteiger partial charge in [0.15, 0.2) is 6.61 Å². The van der Waals surface area contributed by atoms with E-state index in [9.17, 15) is 14.4 Å². The molecule has 1 heterocycles. The van der Waals surface area contributed by atoms with E-state index < -0.39 is 5.97 Å². The van der Waals surface area contributed by atoms with Gasteiger partial charge in [-0.3, -0.25) is 9.59 Å². The molecule has 2 rings (SSSR count). The molecule has 0 spiro atoms. The Morgan fingerprint density at radius 1 is 1.24 bits per heavy atom. The molecule has 8 heteroatoms. The quantitative estimate of drug-likeness (QED) is 0.721. The lowest BCUT2D eigenvalue weighted by Crippen LogP contribution is -2.29. The average molecular weight is 381 g/mol. The summed E-state index contributed by atoms with van der Waals surface area (Å²) in [4.78, 5) is 36.4. The number of ether oxygens (including phenoxy) is 1. The van der Waals surface area contributed by atoms with Gasteiger partial charge in [0.05, 0.1) is 16.1 Å². The number of benzene rings is 1. The molecule has 132 valence electrons. The Morgan fingerprint density at radius 2 is 2.04 bits per heavy atom. The van der Waals surface area contributed by atoms with Gasteiger partial charge in [0.2, 0.25) is 0 Å². The van der Waals surface area contributed by atoms with Crippen molar-refractivity contribution in [2.45, 2.75) is 13.3 Å². The van der Waals surface area contributed by atoms with Crippen molar-refractivity contribution in [1.82, 2.24) is 5.32 Å². The molecule has 0 saturated carbocycles. The van der Waals surface area contributed by atoms with E-state index in [1.165, 1.54) is 29.5 Å². The SMILES string of the molecule is CCCNC(=O)COC(=O)c1ccc(Cl)cc1NC(=O)c1cccs1. The smallest absolute Gasteiger partial charge is 0.340 e. The molecule has 0 unspecified atom stereocenters. The standard InChI is InChI=1S/C17H17ClN2O4S/c1-2-7-19-15(21)10-24-17(23)12-6-5-11(18)9-13(12)20-16(22)14-4-3-8-25-14/h3-6,8-9H,2,7,10H2,1H3,(H,19,21)(H,20,22). The number of halogens is 1. The van der Waals surface area contributed by atoms with Gasteiger partial charge < -0.3 is 15.4 Å². The Bertz CT molecular complexity index is 762. The molecular weight excluding hydrogens is 364 g/mol. The number of esters is 1. The zero-order valence-corrected chi connectivity index (χ0v) is 15.1. The van der Waals surface area contributed by atoms with Gasteiger partial charge in [-0.25, -0.2) is 4.79 Å². The van der Waals surface area contributed by atoms with Crippen molar-refractivity contribution in [3.63, 3.8) is 0 Å². The first kappa shape index (κ1) is 19.0. The number of carbonyl (C=O) groups is 3. The molecule has 0 aliphatic rings. The van der Waals surface area contributed by atoms with Crippen LogP contribution >= 0.6 is 22.9 Å². The van der Waals surface area contributed by atoms with Crippen LogP contribution in [0.1, 0.15) is 33.4 Å². The monoisotopic (exact) mass is 380 g/mol. The number of amides is 2. The number of thiophene rings is 1. The van der Waals surface area contributed by atoms with Crippen molar-refractivity contribution < 1.29 is 19.1 Å². The van der Waals surface area contributed by atoms with Crippen molar-refractivity contribution in [1.29, 1.82) is 0 Å². The molecule has 0 atom stereocenters. The summed E-state index contributed by atoms with van der Waals surface area (Å²) in [5.41, 5.74) is 0.350. The van der Waals surface area contributed by atoms with Crippen LogP contribution in [-0.4, -0.2) is 30.9 Å². The topological polar surface area (TPSA) is 84.5 Å². The molecule has 0 saturated heterocycles. The number of hydrogen-bond acceptors (Lipinski definition) is 5. The third kappa shape index (κ3) is 5.58. The lowest BCUT2D eigenvalue weighted by Gasteiger charge is -2.11. The van der Waals surface area contributed by atoms with E-state index in [2.05, 4.69) is 10.6 Å². The van der Waals surface area contributed by atoms with Crippen LogP contribution in [-0.2, 0) is 9.53 Å².